The minimum atomic E-state index is -0.231. The van der Waals surface area contributed by atoms with Crippen molar-refractivity contribution in [2.45, 2.75) is 18.3 Å². The molecule has 1 spiro atoms. The zero-order valence-corrected chi connectivity index (χ0v) is 14.3. The summed E-state index contributed by atoms with van der Waals surface area (Å²) in [4.78, 5) is 0. The van der Waals surface area contributed by atoms with Crippen LogP contribution >= 0.6 is 0 Å². The van der Waals surface area contributed by atoms with Gasteiger partial charge in [0.05, 0.1) is 5.41 Å². The van der Waals surface area contributed by atoms with Crippen molar-refractivity contribution in [1.29, 1.82) is 0 Å². The highest BCUT2D eigenvalue weighted by Gasteiger charge is 2.52. The highest BCUT2D eigenvalue weighted by Crippen LogP contribution is 2.62. The lowest BCUT2D eigenvalue weighted by Gasteiger charge is -2.33. The molecule has 0 bridgehead atoms. The van der Waals surface area contributed by atoms with Crippen LogP contribution < -0.4 is 0 Å². The van der Waals surface area contributed by atoms with E-state index in [1.54, 1.807) is 0 Å². The SMILES string of the molecule is C=CC1=C(C=C)C2(C3=C1CCC=C3)c1ccccc1-c1ccccc12. The molecule has 0 heterocycles. The minimum Gasteiger partial charge on any atom is -0.0987 e. The zero-order valence-electron chi connectivity index (χ0n) is 14.3. The van der Waals surface area contributed by atoms with Crippen molar-refractivity contribution < 1.29 is 0 Å². The molecular formula is C25H20. The third-order valence-electron chi connectivity index (χ3n) is 5.95. The zero-order chi connectivity index (χ0) is 17.0. The molecule has 2 aromatic rings. The third kappa shape index (κ3) is 1.57. The molecule has 0 amide bonds. The average molecular weight is 320 g/mol. The highest BCUT2D eigenvalue weighted by molar-refractivity contribution is 5.90. The van der Waals surface area contributed by atoms with E-state index >= 15 is 0 Å². The van der Waals surface area contributed by atoms with Crippen LogP contribution in [0.1, 0.15) is 24.0 Å². The monoisotopic (exact) mass is 320 g/mol. The summed E-state index contributed by atoms with van der Waals surface area (Å²) in [5.74, 6) is 0. The standard InChI is InChI=1S/C25H20/c1-3-17-18-11-5-8-14-22(18)25(21(17)4-2)23-15-9-6-12-19(23)20-13-7-10-16-24(20)25/h3-4,6-10,12-16H,1-2,5,11H2. The van der Waals surface area contributed by atoms with E-state index < -0.39 is 0 Å². The first-order valence-electron chi connectivity index (χ1n) is 8.93. The van der Waals surface area contributed by atoms with E-state index in [2.05, 4.69) is 79.9 Å². The van der Waals surface area contributed by atoms with Gasteiger partial charge in [0.15, 0.2) is 0 Å². The molecule has 0 heteroatoms. The first-order valence-corrected chi connectivity index (χ1v) is 8.93. The maximum Gasteiger partial charge on any atom is 0.0721 e. The fourth-order valence-electron chi connectivity index (χ4n) is 5.12. The quantitative estimate of drug-likeness (QED) is 0.610. The van der Waals surface area contributed by atoms with Gasteiger partial charge in [-0.1, -0.05) is 86.0 Å². The summed E-state index contributed by atoms with van der Waals surface area (Å²) in [6.07, 6.45) is 10.9. The van der Waals surface area contributed by atoms with Gasteiger partial charge in [-0.15, -0.1) is 0 Å². The third-order valence-corrected chi connectivity index (χ3v) is 5.95. The number of allylic oxidation sites excluding steroid dienone is 8. The lowest BCUT2D eigenvalue weighted by atomic mass is 9.68. The molecule has 0 fully saturated rings. The molecule has 0 saturated carbocycles. The van der Waals surface area contributed by atoms with Crippen LogP contribution in [-0.2, 0) is 5.41 Å². The first-order chi connectivity index (χ1) is 12.3. The Morgan fingerprint density at radius 1 is 0.840 bits per heavy atom. The summed E-state index contributed by atoms with van der Waals surface area (Å²) in [7, 11) is 0. The summed E-state index contributed by atoms with van der Waals surface area (Å²) < 4.78 is 0. The Labute approximate surface area is 149 Å². The average Bonchev–Trinajstić information content (AvgIpc) is 3.14. The first kappa shape index (κ1) is 14.5. The largest absolute Gasteiger partial charge is 0.0987 e. The molecule has 0 unspecified atom stereocenters. The Balaban J connectivity index is 2.00. The van der Waals surface area contributed by atoms with E-state index in [1.165, 1.54) is 44.5 Å². The second kappa shape index (κ2) is 5.07. The van der Waals surface area contributed by atoms with Gasteiger partial charge in [-0.05, 0) is 57.4 Å². The topological polar surface area (TPSA) is 0 Å². The Kier molecular flexibility index (Phi) is 2.93. The summed E-state index contributed by atoms with van der Waals surface area (Å²) in [5, 5.41) is 0. The smallest absolute Gasteiger partial charge is 0.0721 e. The molecule has 0 radical (unpaired) electrons. The molecule has 0 saturated heterocycles. The molecule has 25 heavy (non-hydrogen) atoms. The molecule has 0 N–H and O–H groups in total. The van der Waals surface area contributed by atoms with Gasteiger partial charge in [-0.3, -0.25) is 0 Å². The van der Waals surface area contributed by atoms with Crippen LogP contribution in [0.5, 0.6) is 0 Å². The van der Waals surface area contributed by atoms with E-state index in [-0.39, 0.29) is 5.41 Å². The van der Waals surface area contributed by atoms with Gasteiger partial charge in [-0.25, -0.2) is 0 Å². The number of fused-ring (bicyclic) bond motifs is 6. The summed E-state index contributed by atoms with van der Waals surface area (Å²) in [6, 6.07) is 17.7. The molecule has 3 aliphatic rings. The molecular weight excluding hydrogens is 300 g/mol. The lowest BCUT2D eigenvalue weighted by Crippen LogP contribution is -2.27. The van der Waals surface area contributed by atoms with Crippen LogP contribution in [0.15, 0.2) is 108 Å². The fourth-order valence-corrected chi connectivity index (χ4v) is 5.12. The van der Waals surface area contributed by atoms with E-state index in [1.807, 2.05) is 6.08 Å². The molecule has 0 aliphatic heterocycles. The molecule has 0 nitrogen and oxygen atoms in total. The van der Waals surface area contributed by atoms with E-state index in [0.29, 0.717) is 0 Å². The van der Waals surface area contributed by atoms with Gasteiger partial charge in [-0.2, -0.15) is 0 Å². The van der Waals surface area contributed by atoms with Crippen molar-refractivity contribution in [3.8, 4) is 11.1 Å². The van der Waals surface area contributed by atoms with Crippen LogP contribution in [0.4, 0.5) is 0 Å². The highest BCUT2D eigenvalue weighted by atomic mass is 14.5. The molecule has 5 rings (SSSR count). The van der Waals surface area contributed by atoms with Gasteiger partial charge < -0.3 is 0 Å². The van der Waals surface area contributed by atoms with Crippen LogP contribution in [-0.4, -0.2) is 0 Å². The van der Waals surface area contributed by atoms with Gasteiger partial charge >= 0.3 is 0 Å². The maximum absolute atomic E-state index is 4.21. The van der Waals surface area contributed by atoms with Gasteiger partial charge in [0, 0.05) is 0 Å². The van der Waals surface area contributed by atoms with Crippen LogP contribution in [0.3, 0.4) is 0 Å². The minimum absolute atomic E-state index is 0.231. The summed E-state index contributed by atoms with van der Waals surface area (Å²) >= 11 is 0. The molecule has 0 atom stereocenters. The molecule has 2 aromatic carbocycles. The van der Waals surface area contributed by atoms with Crippen molar-refractivity contribution in [1.82, 2.24) is 0 Å². The van der Waals surface area contributed by atoms with Crippen LogP contribution in [0.2, 0.25) is 0 Å². The van der Waals surface area contributed by atoms with Crippen LogP contribution in [0.25, 0.3) is 11.1 Å². The summed E-state index contributed by atoms with van der Waals surface area (Å²) in [6.45, 7) is 8.34. The Hall–Kier alpha value is -2.86. The van der Waals surface area contributed by atoms with Gasteiger partial charge in [0.1, 0.15) is 0 Å². The fraction of sp³-hybridized carbons (Fsp3) is 0.120. The Morgan fingerprint density at radius 3 is 2.08 bits per heavy atom. The van der Waals surface area contributed by atoms with Gasteiger partial charge in [0.25, 0.3) is 0 Å². The van der Waals surface area contributed by atoms with Crippen molar-refractivity contribution in [2.24, 2.45) is 0 Å². The summed E-state index contributed by atoms with van der Waals surface area (Å²) in [5.41, 5.74) is 10.6. The van der Waals surface area contributed by atoms with Crippen molar-refractivity contribution in [3.63, 3.8) is 0 Å². The maximum atomic E-state index is 4.21. The second-order valence-corrected chi connectivity index (χ2v) is 6.91. The number of rotatable bonds is 2. The van der Waals surface area contributed by atoms with Gasteiger partial charge in [0.2, 0.25) is 0 Å². The van der Waals surface area contributed by atoms with E-state index in [4.69, 9.17) is 0 Å². The Bertz CT molecular complexity index is 978. The second-order valence-electron chi connectivity index (χ2n) is 6.91. The molecule has 3 aliphatic carbocycles. The predicted octanol–water partition coefficient (Wildman–Crippen LogP) is 6.28. The van der Waals surface area contributed by atoms with E-state index in [0.717, 1.165) is 12.8 Å². The number of benzene rings is 2. The predicted molar refractivity (Wildman–Crippen MR) is 105 cm³/mol. The van der Waals surface area contributed by atoms with Crippen molar-refractivity contribution in [3.05, 3.63) is 119 Å². The normalized spacial score (nSPS) is 19.0. The van der Waals surface area contributed by atoms with Crippen molar-refractivity contribution >= 4 is 0 Å². The lowest BCUT2D eigenvalue weighted by molar-refractivity contribution is 0.768. The van der Waals surface area contributed by atoms with Crippen molar-refractivity contribution in [2.75, 3.05) is 0 Å². The molecule has 0 aromatic heterocycles. The number of hydrogen-bond acceptors (Lipinski definition) is 0. The van der Waals surface area contributed by atoms with E-state index in [9.17, 15) is 0 Å². The molecule has 120 valence electrons. The van der Waals surface area contributed by atoms with Crippen LogP contribution in [0, 0.1) is 0 Å². The Morgan fingerprint density at radius 2 is 1.48 bits per heavy atom. The number of hydrogen-bond donors (Lipinski definition) is 0.